The second-order valence-corrected chi connectivity index (χ2v) is 5.42. The van der Waals surface area contributed by atoms with Gasteiger partial charge >= 0.3 is 0 Å². The molecular weight excluding hydrogens is 264 g/mol. The van der Waals surface area contributed by atoms with Crippen molar-refractivity contribution >= 4 is 29.1 Å². The summed E-state index contributed by atoms with van der Waals surface area (Å²) in [4.78, 5) is 12.5. The Bertz CT molecular complexity index is 549. The number of hydrogen-bond acceptors (Lipinski definition) is 2. The molecule has 0 atom stereocenters. The summed E-state index contributed by atoms with van der Waals surface area (Å²) in [5, 5.41) is 0.743. The minimum atomic E-state index is 0.106. The lowest BCUT2D eigenvalue weighted by atomic mass is 10.1. The van der Waals surface area contributed by atoms with Crippen LogP contribution in [0.1, 0.15) is 22.8 Å². The lowest BCUT2D eigenvalue weighted by Crippen LogP contribution is -1.94. The van der Waals surface area contributed by atoms with Gasteiger partial charge in [-0.3, -0.25) is 4.79 Å². The van der Waals surface area contributed by atoms with Crippen LogP contribution >= 0.6 is 23.4 Å². The van der Waals surface area contributed by atoms with Crippen LogP contribution in [-0.2, 0) is 5.75 Å². The highest BCUT2D eigenvalue weighted by molar-refractivity contribution is 7.98. The number of hydrogen-bond donors (Lipinski definition) is 0. The van der Waals surface area contributed by atoms with Crippen molar-refractivity contribution in [3.63, 3.8) is 0 Å². The van der Waals surface area contributed by atoms with Crippen molar-refractivity contribution in [2.24, 2.45) is 0 Å². The van der Waals surface area contributed by atoms with Gasteiger partial charge in [0.25, 0.3) is 0 Å². The fraction of sp³-hybridized carbons (Fsp3) is 0.133. The topological polar surface area (TPSA) is 17.1 Å². The van der Waals surface area contributed by atoms with Crippen molar-refractivity contribution in [3.8, 4) is 0 Å². The minimum absolute atomic E-state index is 0.106. The van der Waals surface area contributed by atoms with E-state index in [0.29, 0.717) is 0 Å². The number of carbonyl (C=O) groups is 1. The third-order valence-electron chi connectivity index (χ3n) is 2.57. The monoisotopic (exact) mass is 276 g/mol. The van der Waals surface area contributed by atoms with Crippen LogP contribution in [0, 0.1) is 0 Å². The lowest BCUT2D eigenvalue weighted by molar-refractivity contribution is 0.101. The summed E-state index contributed by atoms with van der Waals surface area (Å²) < 4.78 is 0. The van der Waals surface area contributed by atoms with Gasteiger partial charge in [-0.15, -0.1) is 11.8 Å². The molecule has 0 saturated carbocycles. The van der Waals surface area contributed by atoms with E-state index in [9.17, 15) is 4.79 Å². The Morgan fingerprint density at radius 1 is 1.11 bits per heavy atom. The fourth-order valence-corrected chi connectivity index (χ4v) is 2.81. The van der Waals surface area contributed by atoms with Gasteiger partial charge in [0, 0.05) is 21.2 Å². The maximum absolute atomic E-state index is 11.5. The molecule has 0 aromatic heterocycles. The van der Waals surface area contributed by atoms with E-state index in [2.05, 4.69) is 0 Å². The average molecular weight is 277 g/mol. The van der Waals surface area contributed by atoms with Crippen LogP contribution in [0.5, 0.6) is 0 Å². The number of rotatable bonds is 4. The second kappa shape index (κ2) is 6.07. The zero-order chi connectivity index (χ0) is 13.0. The third-order valence-corrected chi connectivity index (χ3v) is 3.97. The summed E-state index contributed by atoms with van der Waals surface area (Å²) in [5.74, 6) is 0.941. The molecule has 0 heterocycles. The van der Waals surface area contributed by atoms with E-state index < -0.39 is 0 Å². The Labute approximate surface area is 116 Å². The van der Waals surface area contributed by atoms with Crippen LogP contribution in [0.25, 0.3) is 0 Å². The van der Waals surface area contributed by atoms with Gasteiger partial charge in [0.05, 0.1) is 0 Å². The normalized spacial score (nSPS) is 10.3. The number of thioether (sulfide) groups is 1. The highest BCUT2D eigenvalue weighted by atomic mass is 35.5. The number of carbonyl (C=O) groups excluding carboxylic acids is 1. The maximum Gasteiger partial charge on any atom is 0.160 e. The molecule has 18 heavy (non-hydrogen) atoms. The number of ketones is 1. The SMILES string of the molecule is CC(=O)c1ccccc1SCc1ccc(Cl)cc1. The third kappa shape index (κ3) is 3.37. The molecule has 3 heteroatoms. The molecule has 0 aliphatic heterocycles. The molecular formula is C15H13ClOS. The summed E-state index contributed by atoms with van der Waals surface area (Å²) in [6.45, 7) is 1.60. The maximum atomic E-state index is 11.5. The van der Waals surface area contributed by atoms with Crippen molar-refractivity contribution in [1.29, 1.82) is 0 Å². The van der Waals surface area contributed by atoms with Crippen LogP contribution in [0.4, 0.5) is 0 Å². The Morgan fingerprint density at radius 2 is 1.78 bits per heavy atom. The van der Waals surface area contributed by atoms with Crippen molar-refractivity contribution in [1.82, 2.24) is 0 Å². The quantitative estimate of drug-likeness (QED) is 0.587. The standard InChI is InChI=1S/C15H13ClOS/c1-11(17)14-4-2-3-5-15(14)18-10-12-6-8-13(16)9-7-12/h2-9H,10H2,1H3. The minimum Gasteiger partial charge on any atom is -0.294 e. The Hall–Kier alpha value is -1.25. The van der Waals surface area contributed by atoms with E-state index in [1.807, 2.05) is 48.5 Å². The van der Waals surface area contributed by atoms with Gasteiger partial charge in [0.1, 0.15) is 0 Å². The van der Waals surface area contributed by atoms with Gasteiger partial charge in [-0.2, -0.15) is 0 Å². The summed E-state index contributed by atoms with van der Waals surface area (Å²) >= 11 is 7.51. The summed E-state index contributed by atoms with van der Waals surface area (Å²) in [6, 6.07) is 15.5. The second-order valence-electron chi connectivity index (χ2n) is 3.97. The van der Waals surface area contributed by atoms with Gasteiger partial charge in [-0.25, -0.2) is 0 Å². The molecule has 0 spiro atoms. The molecule has 0 aliphatic rings. The van der Waals surface area contributed by atoms with Crippen LogP contribution < -0.4 is 0 Å². The van der Waals surface area contributed by atoms with E-state index >= 15 is 0 Å². The van der Waals surface area contributed by atoms with Crippen molar-refractivity contribution < 1.29 is 4.79 Å². The highest BCUT2D eigenvalue weighted by Gasteiger charge is 2.06. The Kier molecular flexibility index (Phi) is 4.45. The largest absolute Gasteiger partial charge is 0.294 e. The predicted molar refractivity (Wildman–Crippen MR) is 77.5 cm³/mol. The molecule has 2 aromatic carbocycles. The zero-order valence-electron chi connectivity index (χ0n) is 10.0. The first-order valence-electron chi connectivity index (χ1n) is 5.64. The highest BCUT2D eigenvalue weighted by Crippen LogP contribution is 2.27. The van der Waals surface area contributed by atoms with Gasteiger partial charge < -0.3 is 0 Å². The summed E-state index contributed by atoms with van der Waals surface area (Å²) in [6.07, 6.45) is 0. The van der Waals surface area contributed by atoms with Crippen LogP contribution in [0.2, 0.25) is 5.02 Å². The molecule has 0 saturated heterocycles. The smallest absolute Gasteiger partial charge is 0.160 e. The van der Waals surface area contributed by atoms with E-state index in [1.165, 1.54) is 5.56 Å². The van der Waals surface area contributed by atoms with Crippen LogP contribution in [-0.4, -0.2) is 5.78 Å². The van der Waals surface area contributed by atoms with Crippen molar-refractivity contribution in [2.45, 2.75) is 17.6 Å². The molecule has 0 bridgehead atoms. The van der Waals surface area contributed by atoms with Gasteiger partial charge in [-0.1, -0.05) is 41.9 Å². The molecule has 2 aromatic rings. The van der Waals surface area contributed by atoms with Gasteiger partial charge in [0.15, 0.2) is 5.78 Å². The molecule has 2 rings (SSSR count). The lowest BCUT2D eigenvalue weighted by Gasteiger charge is -2.06. The Balaban J connectivity index is 2.10. The number of benzene rings is 2. The molecule has 1 nitrogen and oxygen atoms in total. The molecule has 0 amide bonds. The molecule has 0 unspecified atom stereocenters. The number of Topliss-reactive ketones (excluding diaryl/α,β-unsaturated/α-hetero) is 1. The zero-order valence-corrected chi connectivity index (χ0v) is 11.6. The molecule has 0 aliphatic carbocycles. The molecule has 92 valence electrons. The first-order chi connectivity index (χ1) is 8.66. The van der Waals surface area contributed by atoms with Crippen LogP contribution in [0.3, 0.4) is 0 Å². The summed E-state index contributed by atoms with van der Waals surface area (Å²) in [5.41, 5.74) is 1.99. The molecule has 0 fully saturated rings. The molecule has 0 N–H and O–H groups in total. The van der Waals surface area contributed by atoms with Gasteiger partial charge in [0.2, 0.25) is 0 Å². The predicted octanol–water partition coefficient (Wildman–Crippen LogP) is 4.83. The van der Waals surface area contributed by atoms with Crippen LogP contribution in [0.15, 0.2) is 53.4 Å². The average Bonchev–Trinajstić information content (AvgIpc) is 2.38. The molecule has 0 radical (unpaired) electrons. The first kappa shape index (κ1) is 13.2. The number of halogens is 1. The van der Waals surface area contributed by atoms with E-state index in [4.69, 9.17) is 11.6 Å². The van der Waals surface area contributed by atoms with E-state index in [1.54, 1.807) is 18.7 Å². The van der Waals surface area contributed by atoms with E-state index in [0.717, 1.165) is 21.2 Å². The summed E-state index contributed by atoms with van der Waals surface area (Å²) in [7, 11) is 0. The van der Waals surface area contributed by atoms with E-state index in [-0.39, 0.29) is 5.78 Å². The van der Waals surface area contributed by atoms with Crippen molar-refractivity contribution in [2.75, 3.05) is 0 Å². The fourth-order valence-electron chi connectivity index (χ4n) is 1.63. The Morgan fingerprint density at radius 3 is 2.44 bits per heavy atom. The first-order valence-corrected chi connectivity index (χ1v) is 7.00. The van der Waals surface area contributed by atoms with Crippen molar-refractivity contribution in [3.05, 3.63) is 64.7 Å². The van der Waals surface area contributed by atoms with Gasteiger partial charge in [-0.05, 0) is 30.7 Å².